The van der Waals surface area contributed by atoms with E-state index in [-0.39, 0.29) is 0 Å². The number of anilines is 1. The van der Waals surface area contributed by atoms with Crippen molar-refractivity contribution in [2.45, 2.75) is 13.3 Å². The van der Waals surface area contributed by atoms with Crippen molar-refractivity contribution in [3.63, 3.8) is 0 Å². The minimum atomic E-state index is 0.890. The summed E-state index contributed by atoms with van der Waals surface area (Å²) in [4.78, 5) is 11.3. The van der Waals surface area contributed by atoms with Crippen molar-refractivity contribution < 1.29 is 0 Å². The van der Waals surface area contributed by atoms with Crippen LogP contribution in [-0.4, -0.2) is 27.5 Å². The number of fused-ring (bicyclic) bond motifs is 1. The second-order valence-corrected chi connectivity index (χ2v) is 5.63. The van der Waals surface area contributed by atoms with Gasteiger partial charge in [-0.15, -0.1) is 0 Å². The summed E-state index contributed by atoms with van der Waals surface area (Å²) in [5.74, 6) is 1.03. The van der Waals surface area contributed by atoms with Crippen LogP contribution in [0.25, 0.3) is 11.1 Å². The lowest BCUT2D eigenvalue weighted by Gasteiger charge is -2.28. The maximum absolute atomic E-state index is 4.60. The highest BCUT2D eigenvalue weighted by molar-refractivity contribution is 5.74. The van der Waals surface area contributed by atoms with Crippen molar-refractivity contribution in [3.8, 4) is 0 Å². The third-order valence-corrected chi connectivity index (χ3v) is 4.27. The summed E-state index contributed by atoms with van der Waals surface area (Å²) in [6.07, 6.45) is 9.01. The van der Waals surface area contributed by atoms with Gasteiger partial charge in [-0.2, -0.15) is 0 Å². The molecule has 3 heterocycles. The highest BCUT2D eigenvalue weighted by Crippen LogP contribution is 2.27. The van der Waals surface area contributed by atoms with E-state index in [1.807, 2.05) is 30.0 Å². The van der Waals surface area contributed by atoms with Crippen molar-refractivity contribution in [1.82, 2.24) is 14.4 Å². The van der Waals surface area contributed by atoms with Crippen LogP contribution in [0.2, 0.25) is 0 Å². The number of imidazole rings is 1. The number of rotatable bonds is 2. The fourth-order valence-corrected chi connectivity index (χ4v) is 3.09. The smallest absolute Gasteiger partial charge is 0.155 e. The summed E-state index contributed by atoms with van der Waals surface area (Å²) in [6, 6.07) is 10.6. The van der Waals surface area contributed by atoms with Gasteiger partial charge in [-0.05, 0) is 24.5 Å². The Kier molecular flexibility index (Phi) is 3.15. The lowest BCUT2D eigenvalue weighted by atomic mass is 9.99. The largest absolute Gasteiger partial charge is 0.351 e. The zero-order valence-corrected chi connectivity index (χ0v) is 12.6. The van der Waals surface area contributed by atoms with Crippen LogP contribution in [0.5, 0.6) is 0 Å². The Balaban J connectivity index is 1.66. The van der Waals surface area contributed by atoms with E-state index in [9.17, 15) is 0 Å². The van der Waals surface area contributed by atoms with Gasteiger partial charge in [0.05, 0.1) is 12.0 Å². The third kappa shape index (κ3) is 2.17. The van der Waals surface area contributed by atoms with Crippen LogP contribution in [0.1, 0.15) is 17.7 Å². The molecule has 0 spiro atoms. The summed E-state index contributed by atoms with van der Waals surface area (Å²) < 4.78 is 2.05. The summed E-state index contributed by atoms with van der Waals surface area (Å²) >= 11 is 0. The van der Waals surface area contributed by atoms with Crippen molar-refractivity contribution >= 4 is 16.9 Å². The molecule has 4 heteroatoms. The standard InChI is InChI=1S/C18H18N4/c1-14-17-18(19-9-12-22(17)13-20-14)21-10-7-16(8-11-21)15-5-3-2-4-6-15/h2-7,9,12-13H,8,10-11H2,1H3. The quantitative estimate of drug-likeness (QED) is 0.726. The average Bonchev–Trinajstić information content (AvgIpc) is 2.97. The Morgan fingerprint density at radius 1 is 1.09 bits per heavy atom. The van der Waals surface area contributed by atoms with Crippen LogP contribution < -0.4 is 4.90 Å². The monoisotopic (exact) mass is 290 g/mol. The first-order chi connectivity index (χ1) is 10.8. The third-order valence-electron chi connectivity index (χ3n) is 4.27. The second kappa shape index (κ2) is 5.30. The number of nitrogens with zero attached hydrogens (tertiary/aromatic N) is 4. The van der Waals surface area contributed by atoms with Gasteiger partial charge in [0.25, 0.3) is 0 Å². The molecule has 0 bridgehead atoms. The lowest BCUT2D eigenvalue weighted by molar-refractivity contribution is 0.816. The molecule has 0 saturated heterocycles. The van der Waals surface area contributed by atoms with Crippen molar-refractivity contribution in [3.05, 3.63) is 66.4 Å². The van der Waals surface area contributed by atoms with Gasteiger partial charge >= 0.3 is 0 Å². The van der Waals surface area contributed by atoms with Gasteiger partial charge in [-0.1, -0.05) is 36.4 Å². The van der Waals surface area contributed by atoms with Crippen LogP contribution in [0.4, 0.5) is 5.82 Å². The lowest BCUT2D eigenvalue weighted by Crippen LogP contribution is -2.29. The zero-order chi connectivity index (χ0) is 14.9. The highest BCUT2D eigenvalue weighted by atomic mass is 15.2. The Labute approximate surface area is 129 Å². The number of hydrogen-bond acceptors (Lipinski definition) is 3. The Morgan fingerprint density at radius 3 is 2.73 bits per heavy atom. The Bertz CT molecular complexity index is 833. The molecule has 4 rings (SSSR count). The minimum absolute atomic E-state index is 0.890. The molecule has 0 N–H and O–H groups in total. The van der Waals surface area contributed by atoms with E-state index in [1.54, 1.807) is 0 Å². The SMILES string of the molecule is Cc1ncn2ccnc(N3CC=C(c4ccccc4)CC3)c12. The molecule has 2 aromatic heterocycles. The maximum atomic E-state index is 4.60. The van der Waals surface area contributed by atoms with E-state index in [4.69, 9.17) is 0 Å². The molecular formula is C18H18N4. The zero-order valence-electron chi connectivity index (χ0n) is 12.6. The van der Waals surface area contributed by atoms with E-state index in [2.05, 4.69) is 51.3 Å². The molecular weight excluding hydrogens is 272 g/mol. The molecule has 0 fully saturated rings. The average molecular weight is 290 g/mol. The number of hydrogen-bond donors (Lipinski definition) is 0. The minimum Gasteiger partial charge on any atom is -0.351 e. The van der Waals surface area contributed by atoms with E-state index >= 15 is 0 Å². The van der Waals surface area contributed by atoms with Gasteiger partial charge in [0.2, 0.25) is 0 Å². The fourth-order valence-electron chi connectivity index (χ4n) is 3.09. The first-order valence-electron chi connectivity index (χ1n) is 7.60. The second-order valence-electron chi connectivity index (χ2n) is 5.63. The van der Waals surface area contributed by atoms with E-state index in [0.29, 0.717) is 0 Å². The molecule has 3 aromatic rings. The molecule has 22 heavy (non-hydrogen) atoms. The summed E-state index contributed by atoms with van der Waals surface area (Å²) in [5, 5.41) is 0. The Morgan fingerprint density at radius 2 is 1.95 bits per heavy atom. The Hall–Kier alpha value is -2.62. The van der Waals surface area contributed by atoms with Crippen LogP contribution in [-0.2, 0) is 0 Å². The first kappa shape index (κ1) is 13.1. The highest BCUT2D eigenvalue weighted by Gasteiger charge is 2.18. The van der Waals surface area contributed by atoms with Gasteiger partial charge < -0.3 is 9.30 Å². The molecule has 4 nitrogen and oxygen atoms in total. The van der Waals surface area contributed by atoms with Gasteiger partial charge in [0.1, 0.15) is 5.52 Å². The predicted molar refractivity (Wildman–Crippen MR) is 89.0 cm³/mol. The number of benzene rings is 1. The molecule has 0 saturated carbocycles. The molecule has 110 valence electrons. The van der Waals surface area contributed by atoms with E-state index in [0.717, 1.165) is 36.5 Å². The topological polar surface area (TPSA) is 33.4 Å². The van der Waals surface area contributed by atoms with Crippen molar-refractivity contribution in [2.75, 3.05) is 18.0 Å². The summed E-state index contributed by atoms with van der Waals surface area (Å²) in [7, 11) is 0. The van der Waals surface area contributed by atoms with Crippen molar-refractivity contribution in [2.24, 2.45) is 0 Å². The maximum Gasteiger partial charge on any atom is 0.155 e. The molecule has 0 atom stereocenters. The summed E-state index contributed by atoms with van der Waals surface area (Å²) in [5.41, 5.74) is 4.89. The van der Waals surface area contributed by atoms with Gasteiger partial charge in [-0.25, -0.2) is 9.97 Å². The number of aryl methyl sites for hydroxylation is 1. The predicted octanol–water partition coefficient (Wildman–Crippen LogP) is 3.33. The van der Waals surface area contributed by atoms with Crippen LogP contribution in [0.15, 0.2) is 55.1 Å². The molecule has 1 aliphatic heterocycles. The van der Waals surface area contributed by atoms with Crippen molar-refractivity contribution in [1.29, 1.82) is 0 Å². The van der Waals surface area contributed by atoms with Crippen LogP contribution in [0, 0.1) is 6.92 Å². The molecule has 0 radical (unpaired) electrons. The molecule has 0 aliphatic carbocycles. The van der Waals surface area contributed by atoms with Crippen LogP contribution >= 0.6 is 0 Å². The van der Waals surface area contributed by atoms with Crippen LogP contribution in [0.3, 0.4) is 0 Å². The molecule has 0 unspecified atom stereocenters. The van der Waals surface area contributed by atoms with E-state index in [1.165, 1.54) is 11.1 Å². The van der Waals surface area contributed by atoms with Gasteiger partial charge in [0.15, 0.2) is 5.82 Å². The number of aromatic nitrogens is 3. The van der Waals surface area contributed by atoms with Gasteiger partial charge in [-0.3, -0.25) is 0 Å². The fraction of sp³-hybridized carbons (Fsp3) is 0.222. The molecule has 1 aromatic carbocycles. The molecule has 1 aliphatic rings. The molecule has 0 amide bonds. The summed E-state index contributed by atoms with van der Waals surface area (Å²) in [6.45, 7) is 3.91. The first-order valence-corrected chi connectivity index (χ1v) is 7.60. The normalized spacial score (nSPS) is 15.1. The van der Waals surface area contributed by atoms with E-state index < -0.39 is 0 Å². The van der Waals surface area contributed by atoms with Gasteiger partial charge in [0, 0.05) is 25.5 Å².